The van der Waals surface area contributed by atoms with Gasteiger partial charge in [-0.15, -0.1) is 0 Å². The third-order valence-electron chi connectivity index (χ3n) is 4.44. The highest BCUT2D eigenvalue weighted by atomic mass is 35.5. The van der Waals surface area contributed by atoms with Gasteiger partial charge < -0.3 is 20.9 Å². The molecule has 0 bridgehead atoms. The summed E-state index contributed by atoms with van der Waals surface area (Å²) in [6, 6.07) is 7.83. The first kappa shape index (κ1) is 23.6. The van der Waals surface area contributed by atoms with Crippen molar-refractivity contribution in [2.45, 2.75) is 5.92 Å². The molecular formula is C19H14Cl2N6O6. The summed E-state index contributed by atoms with van der Waals surface area (Å²) >= 11 is 12.0. The van der Waals surface area contributed by atoms with Crippen molar-refractivity contribution in [3.63, 3.8) is 0 Å². The number of non-ortho nitro benzene ring substituents is 1. The molecule has 0 saturated heterocycles. The van der Waals surface area contributed by atoms with Gasteiger partial charge in [0.1, 0.15) is 11.4 Å². The maximum Gasteiger partial charge on any atom is 0.321 e. The highest BCUT2D eigenvalue weighted by Crippen LogP contribution is 2.26. The molecule has 0 saturated carbocycles. The Balaban J connectivity index is 2.09. The lowest BCUT2D eigenvalue weighted by Gasteiger charge is -2.16. The van der Waals surface area contributed by atoms with Gasteiger partial charge in [-0.05, 0) is 24.3 Å². The van der Waals surface area contributed by atoms with E-state index in [9.17, 15) is 24.5 Å². The molecule has 1 amide bonds. The van der Waals surface area contributed by atoms with Gasteiger partial charge in [-0.3, -0.25) is 24.5 Å². The molecule has 4 N–H and O–H groups in total. The van der Waals surface area contributed by atoms with Crippen LogP contribution < -0.4 is 16.7 Å². The Morgan fingerprint density at radius 3 is 2.64 bits per heavy atom. The van der Waals surface area contributed by atoms with Gasteiger partial charge in [0.25, 0.3) is 17.2 Å². The van der Waals surface area contributed by atoms with Crippen molar-refractivity contribution in [3.8, 4) is 0 Å². The van der Waals surface area contributed by atoms with E-state index in [1.165, 1.54) is 24.3 Å². The Morgan fingerprint density at radius 2 is 2.00 bits per heavy atom. The van der Waals surface area contributed by atoms with Gasteiger partial charge in [-0.1, -0.05) is 23.2 Å². The minimum absolute atomic E-state index is 0.0444. The van der Waals surface area contributed by atoms with Crippen LogP contribution in [0.1, 0.15) is 11.6 Å². The predicted octanol–water partition coefficient (Wildman–Crippen LogP) is 2.35. The summed E-state index contributed by atoms with van der Waals surface area (Å²) in [5.74, 6) is 1.65. The molecule has 0 fully saturated rings. The standard InChI is InChI=1S/C19H14Cl2N6O6/c1-33-19(30)14(16(26-22)18(29)24-12-6-8(20)2-4-10(12)21)15-17(28)25-13-7-9(27(31)32)3-5-11(13)23-15/h2-7,14H,22H2,1H3,(H,24,29)(H,25,28)/b26-16+/t14-/m1/s1. The first-order valence-electron chi connectivity index (χ1n) is 8.96. The van der Waals surface area contributed by atoms with Crippen LogP contribution in [0.3, 0.4) is 0 Å². The number of nitrogens with two attached hydrogens (primary N) is 1. The maximum atomic E-state index is 12.9. The highest BCUT2D eigenvalue weighted by Gasteiger charge is 2.36. The topological polar surface area (TPSA) is 183 Å². The molecule has 2 aromatic carbocycles. The van der Waals surface area contributed by atoms with E-state index in [4.69, 9.17) is 33.8 Å². The zero-order chi connectivity index (χ0) is 24.3. The molecule has 0 aliphatic carbocycles. The molecule has 0 aliphatic rings. The number of nitrogens with one attached hydrogen (secondary N) is 2. The Morgan fingerprint density at radius 1 is 1.27 bits per heavy atom. The molecule has 1 atom stereocenters. The number of ether oxygens (including phenoxy) is 1. The minimum Gasteiger partial charge on any atom is -0.468 e. The smallest absolute Gasteiger partial charge is 0.321 e. The Labute approximate surface area is 194 Å². The van der Waals surface area contributed by atoms with E-state index in [0.717, 1.165) is 19.2 Å². The fourth-order valence-electron chi connectivity index (χ4n) is 2.91. The highest BCUT2D eigenvalue weighted by molar-refractivity contribution is 6.48. The van der Waals surface area contributed by atoms with E-state index in [0.29, 0.717) is 0 Å². The normalized spacial score (nSPS) is 12.3. The van der Waals surface area contributed by atoms with Crippen molar-refractivity contribution >= 4 is 63.2 Å². The third-order valence-corrected chi connectivity index (χ3v) is 5.01. The number of anilines is 1. The molecule has 0 radical (unpaired) electrons. The number of nitrogens with zero attached hydrogens (tertiary/aromatic N) is 3. The zero-order valence-corrected chi connectivity index (χ0v) is 18.2. The summed E-state index contributed by atoms with van der Waals surface area (Å²) < 4.78 is 4.73. The second-order valence-corrected chi connectivity index (χ2v) is 7.30. The van der Waals surface area contributed by atoms with Crippen molar-refractivity contribution < 1.29 is 19.2 Å². The molecule has 33 heavy (non-hydrogen) atoms. The lowest BCUT2D eigenvalue weighted by molar-refractivity contribution is -0.384. The molecule has 0 unspecified atom stereocenters. The second kappa shape index (κ2) is 9.63. The van der Waals surface area contributed by atoms with E-state index in [1.54, 1.807) is 0 Å². The number of amides is 1. The number of hydrogen-bond acceptors (Lipinski definition) is 9. The number of H-pyrrole nitrogens is 1. The first-order chi connectivity index (χ1) is 15.7. The summed E-state index contributed by atoms with van der Waals surface area (Å²) in [6.45, 7) is 0. The van der Waals surface area contributed by atoms with Crippen LogP contribution in [0.2, 0.25) is 10.0 Å². The number of nitro benzene ring substituents is 1. The molecule has 3 aromatic rings. The average Bonchev–Trinajstić information content (AvgIpc) is 2.78. The number of rotatable bonds is 6. The molecule has 0 spiro atoms. The van der Waals surface area contributed by atoms with Crippen LogP contribution in [0, 0.1) is 10.1 Å². The first-order valence-corrected chi connectivity index (χ1v) is 9.72. The van der Waals surface area contributed by atoms with Crippen molar-refractivity contribution in [2.24, 2.45) is 10.9 Å². The summed E-state index contributed by atoms with van der Waals surface area (Å²) in [6.07, 6.45) is 0. The number of benzene rings is 2. The van der Waals surface area contributed by atoms with E-state index in [2.05, 4.69) is 20.4 Å². The number of aromatic nitrogens is 2. The van der Waals surface area contributed by atoms with Gasteiger partial charge in [-0.2, -0.15) is 5.10 Å². The van der Waals surface area contributed by atoms with Crippen LogP contribution in [-0.4, -0.2) is 39.6 Å². The number of carbonyl (C=O) groups excluding carboxylic acids is 2. The summed E-state index contributed by atoms with van der Waals surface area (Å²) in [5.41, 5.74) is -1.99. The van der Waals surface area contributed by atoms with E-state index >= 15 is 0 Å². The molecule has 12 nitrogen and oxygen atoms in total. The molecule has 170 valence electrons. The molecule has 1 heterocycles. The van der Waals surface area contributed by atoms with Crippen molar-refractivity contribution in [1.82, 2.24) is 9.97 Å². The maximum absolute atomic E-state index is 12.9. The average molecular weight is 493 g/mol. The SMILES string of the molecule is COC(=O)[C@@H](/C(=N\N)C(=O)Nc1cc(Cl)ccc1Cl)c1nc2ccc([N+](=O)[O-])cc2[nH]c1=O. The van der Waals surface area contributed by atoms with Gasteiger partial charge in [0.05, 0.1) is 33.8 Å². The van der Waals surface area contributed by atoms with Crippen LogP contribution in [0.25, 0.3) is 11.0 Å². The van der Waals surface area contributed by atoms with Gasteiger partial charge >= 0.3 is 5.97 Å². The van der Waals surface area contributed by atoms with Crippen LogP contribution in [0.15, 0.2) is 46.3 Å². The fraction of sp³-hybridized carbons (Fsp3) is 0.105. The van der Waals surface area contributed by atoms with E-state index in [-0.39, 0.29) is 32.5 Å². The minimum atomic E-state index is -1.72. The van der Waals surface area contributed by atoms with Gasteiger partial charge in [0.2, 0.25) is 0 Å². The molecule has 14 heteroatoms. The van der Waals surface area contributed by atoms with E-state index < -0.39 is 39.7 Å². The summed E-state index contributed by atoms with van der Waals surface area (Å²) in [5, 5.41) is 17.2. The number of fused-ring (bicyclic) bond motifs is 1. The number of esters is 1. The number of hydrazone groups is 1. The Kier molecular flexibility index (Phi) is 6.89. The van der Waals surface area contributed by atoms with Crippen LogP contribution in [0.5, 0.6) is 0 Å². The number of hydrogen-bond donors (Lipinski definition) is 3. The lowest BCUT2D eigenvalue weighted by Crippen LogP contribution is -2.38. The largest absolute Gasteiger partial charge is 0.468 e. The van der Waals surface area contributed by atoms with Crippen LogP contribution >= 0.6 is 23.2 Å². The van der Waals surface area contributed by atoms with Gasteiger partial charge in [-0.25, -0.2) is 4.98 Å². The quantitative estimate of drug-likeness (QED) is 0.154. The Bertz CT molecular complexity index is 1370. The molecule has 1 aromatic heterocycles. The van der Waals surface area contributed by atoms with Crippen LogP contribution in [-0.2, 0) is 14.3 Å². The van der Waals surface area contributed by atoms with Gasteiger partial charge in [0.15, 0.2) is 5.92 Å². The second-order valence-electron chi connectivity index (χ2n) is 6.46. The molecule has 3 rings (SSSR count). The summed E-state index contributed by atoms with van der Waals surface area (Å²) in [4.78, 5) is 55.0. The third kappa shape index (κ3) is 4.91. The van der Waals surface area contributed by atoms with Gasteiger partial charge in [0, 0.05) is 17.2 Å². The van der Waals surface area contributed by atoms with E-state index in [1.807, 2.05) is 0 Å². The lowest BCUT2D eigenvalue weighted by atomic mass is 9.98. The summed E-state index contributed by atoms with van der Waals surface area (Å²) in [7, 11) is 1.04. The fourth-order valence-corrected chi connectivity index (χ4v) is 3.25. The van der Waals surface area contributed by atoms with Crippen molar-refractivity contribution in [3.05, 3.63) is 72.6 Å². The zero-order valence-electron chi connectivity index (χ0n) is 16.7. The number of halogens is 2. The molecule has 0 aliphatic heterocycles. The number of methoxy groups -OCH3 is 1. The van der Waals surface area contributed by atoms with Crippen molar-refractivity contribution in [2.75, 3.05) is 12.4 Å². The number of carbonyl (C=O) groups is 2. The monoisotopic (exact) mass is 492 g/mol. The van der Waals surface area contributed by atoms with Crippen molar-refractivity contribution in [1.29, 1.82) is 0 Å². The number of nitro groups is 1. The number of aromatic amines is 1. The molecular weight excluding hydrogens is 479 g/mol. The van der Waals surface area contributed by atoms with Crippen LogP contribution in [0.4, 0.5) is 11.4 Å². The Hall–Kier alpha value is -4.03. The predicted molar refractivity (Wildman–Crippen MR) is 120 cm³/mol.